The van der Waals surface area contributed by atoms with Crippen molar-refractivity contribution in [2.24, 2.45) is 0 Å². The molecule has 2 heteroatoms. The molecule has 2 nitrogen and oxygen atoms in total. The molecule has 1 aromatic rings. The topological polar surface area (TPSA) is 25.2 Å². The van der Waals surface area contributed by atoms with E-state index in [1.54, 1.807) is 0 Å². The van der Waals surface area contributed by atoms with Crippen LogP contribution in [0, 0.1) is 13.8 Å². The van der Waals surface area contributed by atoms with Crippen LogP contribution in [0.3, 0.4) is 0 Å². The Balaban J connectivity index is 2.35. The first-order chi connectivity index (χ1) is 8.54. The number of hydrogen-bond donors (Lipinski definition) is 1. The molecule has 1 N–H and O–H groups in total. The van der Waals surface area contributed by atoms with Gasteiger partial charge in [0.2, 0.25) is 0 Å². The van der Waals surface area contributed by atoms with Crippen molar-refractivity contribution in [3.8, 4) is 0 Å². The quantitative estimate of drug-likeness (QED) is 0.664. The largest absolute Gasteiger partial charge is 0.466 e. The third-order valence-electron chi connectivity index (χ3n) is 3.57. The van der Waals surface area contributed by atoms with Crippen molar-refractivity contribution in [2.45, 2.75) is 78.8 Å². The molecule has 0 spiro atoms. The molecule has 0 saturated carbocycles. The van der Waals surface area contributed by atoms with Crippen LogP contribution in [0.1, 0.15) is 76.0 Å². The van der Waals surface area contributed by atoms with Crippen molar-refractivity contribution >= 4 is 0 Å². The first kappa shape index (κ1) is 15.3. The highest BCUT2D eigenvalue weighted by Crippen LogP contribution is 2.22. The normalized spacial score (nSPS) is 14.7. The highest BCUT2D eigenvalue weighted by atomic mass is 16.3. The summed E-state index contributed by atoms with van der Waals surface area (Å²) in [5.74, 6) is 2.05. The van der Waals surface area contributed by atoms with Gasteiger partial charge in [-0.25, -0.2) is 0 Å². The number of furan rings is 1. The van der Waals surface area contributed by atoms with E-state index in [4.69, 9.17) is 4.42 Å². The van der Waals surface area contributed by atoms with Crippen molar-refractivity contribution in [1.82, 2.24) is 5.32 Å². The zero-order valence-corrected chi connectivity index (χ0v) is 12.7. The SMILES string of the molecule is CCCCCCC(C)NC(C)c1cc(C)oc1C. The van der Waals surface area contributed by atoms with Crippen molar-refractivity contribution in [3.05, 3.63) is 23.2 Å². The van der Waals surface area contributed by atoms with E-state index in [1.165, 1.54) is 37.7 Å². The molecule has 1 rings (SSSR count). The van der Waals surface area contributed by atoms with Crippen LogP contribution in [0.25, 0.3) is 0 Å². The molecule has 2 atom stereocenters. The summed E-state index contributed by atoms with van der Waals surface area (Å²) in [6.07, 6.45) is 6.63. The minimum atomic E-state index is 0.378. The molecule has 1 heterocycles. The summed E-state index contributed by atoms with van der Waals surface area (Å²) >= 11 is 0. The maximum atomic E-state index is 5.59. The summed E-state index contributed by atoms with van der Waals surface area (Å²) in [6, 6.07) is 3.10. The summed E-state index contributed by atoms with van der Waals surface area (Å²) in [4.78, 5) is 0. The van der Waals surface area contributed by atoms with Crippen LogP contribution in [0.4, 0.5) is 0 Å². The van der Waals surface area contributed by atoms with Crippen LogP contribution in [0.15, 0.2) is 10.5 Å². The number of hydrogen-bond acceptors (Lipinski definition) is 2. The standard InChI is InChI=1S/C16H29NO/c1-6-7-8-9-10-12(2)17-14(4)16-11-13(3)18-15(16)5/h11-12,14,17H,6-10H2,1-5H3. The van der Waals surface area contributed by atoms with Crippen molar-refractivity contribution in [3.63, 3.8) is 0 Å². The second-order valence-electron chi connectivity index (χ2n) is 5.51. The highest BCUT2D eigenvalue weighted by Gasteiger charge is 2.14. The molecule has 0 aliphatic rings. The van der Waals surface area contributed by atoms with E-state index in [-0.39, 0.29) is 0 Å². The van der Waals surface area contributed by atoms with Gasteiger partial charge in [-0.2, -0.15) is 0 Å². The average molecular weight is 251 g/mol. The molecule has 2 unspecified atom stereocenters. The van der Waals surface area contributed by atoms with E-state index in [9.17, 15) is 0 Å². The third kappa shape index (κ3) is 4.85. The van der Waals surface area contributed by atoms with Crippen molar-refractivity contribution in [1.29, 1.82) is 0 Å². The lowest BCUT2D eigenvalue weighted by molar-refractivity contribution is 0.430. The van der Waals surface area contributed by atoms with Crippen LogP contribution >= 0.6 is 0 Å². The van der Waals surface area contributed by atoms with Crippen molar-refractivity contribution < 1.29 is 4.42 Å². The molecule has 0 fully saturated rings. The Morgan fingerprint density at radius 1 is 1.17 bits per heavy atom. The predicted octanol–water partition coefficient (Wildman–Crippen LogP) is 4.91. The molecule has 0 aliphatic carbocycles. The summed E-state index contributed by atoms with van der Waals surface area (Å²) in [7, 11) is 0. The summed E-state index contributed by atoms with van der Waals surface area (Å²) < 4.78 is 5.59. The Hall–Kier alpha value is -0.760. The molecule has 0 saturated heterocycles. The predicted molar refractivity (Wildman–Crippen MR) is 78.0 cm³/mol. The van der Waals surface area contributed by atoms with Crippen LogP contribution in [0.2, 0.25) is 0 Å². The van der Waals surface area contributed by atoms with Gasteiger partial charge in [-0.3, -0.25) is 0 Å². The first-order valence-corrected chi connectivity index (χ1v) is 7.37. The molecule has 0 aromatic carbocycles. The van der Waals surface area contributed by atoms with Gasteiger partial charge in [0.05, 0.1) is 0 Å². The number of aryl methyl sites for hydroxylation is 2. The number of rotatable bonds is 8. The van der Waals surface area contributed by atoms with Crippen LogP contribution in [-0.2, 0) is 0 Å². The van der Waals surface area contributed by atoms with Gasteiger partial charge in [0, 0.05) is 17.6 Å². The lowest BCUT2D eigenvalue weighted by Gasteiger charge is -2.19. The van der Waals surface area contributed by atoms with Crippen molar-refractivity contribution in [2.75, 3.05) is 0 Å². The zero-order valence-electron chi connectivity index (χ0n) is 12.7. The summed E-state index contributed by atoms with van der Waals surface area (Å²) in [5, 5.41) is 3.67. The van der Waals surface area contributed by atoms with Gasteiger partial charge < -0.3 is 9.73 Å². The number of nitrogens with one attached hydrogen (secondary N) is 1. The van der Waals surface area contributed by atoms with E-state index >= 15 is 0 Å². The van der Waals surface area contributed by atoms with E-state index in [1.807, 2.05) is 13.8 Å². The molecule has 0 amide bonds. The molecule has 0 radical (unpaired) electrons. The fourth-order valence-electron chi connectivity index (χ4n) is 2.56. The molecule has 0 aliphatic heterocycles. The Labute approximate surface area is 112 Å². The molecule has 1 aromatic heterocycles. The Kier molecular flexibility index (Phi) is 6.48. The summed E-state index contributed by atoms with van der Waals surface area (Å²) in [5.41, 5.74) is 1.30. The van der Waals surface area contributed by atoms with Crippen LogP contribution in [-0.4, -0.2) is 6.04 Å². The molecule has 104 valence electrons. The maximum Gasteiger partial charge on any atom is 0.105 e. The fraction of sp³-hybridized carbons (Fsp3) is 0.750. The molecular formula is C16H29NO. The first-order valence-electron chi connectivity index (χ1n) is 7.37. The van der Waals surface area contributed by atoms with Gasteiger partial charge in [0.1, 0.15) is 11.5 Å². The monoisotopic (exact) mass is 251 g/mol. The lowest BCUT2D eigenvalue weighted by Crippen LogP contribution is -2.28. The zero-order chi connectivity index (χ0) is 13.5. The second kappa shape index (κ2) is 7.63. The second-order valence-corrected chi connectivity index (χ2v) is 5.51. The van der Waals surface area contributed by atoms with E-state index < -0.39 is 0 Å². The van der Waals surface area contributed by atoms with E-state index in [2.05, 4.69) is 32.2 Å². The van der Waals surface area contributed by atoms with Crippen LogP contribution < -0.4 is 5.32 Å². The molecule has 18 heavy (non-hydrogen) atoms. The third-order valence-corrected chi connectivity index (χ3v) is 3.57. The van der Waals surface area contributed by atoms with Crippen LogP contribution in [0.5, 0.6) is 0 Å². The fourth-order valence-corrected chi connectivity index (χ4v) is 2.56. The van der Waals surface area contributed by atoms with Gasteiger partial charge in [-0.15, -0.1) is 0 Å². The Bertz CT molecular complexity index is 343. The average Bonchev–Trinajstić information content (AvgIpc) is 2.64. The Morgan fingerprint density at radius 3 is 2.44 bits per heavy atom. The maximum absolute atomic E-state index is 5.59. The highest BCUT2D eigenvalue weighted by molar-refractivity contribution is 5.23. The van der Waals surface area contributed by atoms with E-state index in [0.29, 0.717) is 12.1 Å². The molecular weight excluding hydrogens is 222 g/mol. The lowest BCUT2D eigenvalue weighted by atomic mass is 10.1. The van der Waals surface area contributed by atoms with Gasteiger partial charge in [-0.05, 0) is 40.2 Å². The summed E-state index contributed by atoms with van der Waals surface area (Å²) in [6.45, 7) is 10.8. The minimum Gasteiger partial charge on any atom is -0.466 e. The van der Waals surface area contributed by atoms with E-state index in [0.717, 1.165) is 11.5 Å². The molecule has 0 bridgehead atoms. The van der Waals surface area contributed by atoms with Gasteiger partial charge >= 0.3 is 0 Å². The Morgan fingerprint density at radius 2 is 1.89 bits per heavy atom. The number of unbranched alkanes of at least 4 members (excludes halogenated alkanes) is 3. The van der Waals surface area contributed by atoms with Gasteiger partial charge in [-0.1, -0.05) is 32.6 Å². The van der Waals surface area contributed by atoms with Gasteiger partial charge in [0.15, 0.2) is 0 Å². The minimum absolute atomic E-state index is 0.378. The smallest absolute Gasteiger partial charge is 0.105 e. The van der Waals surface area contributed by atoms with Gasteiger partial charge in [0.25, 0.3) is 0 Å².